The normalized spacial score (nSPS) is 13.5. The lowest BCUT2D eigenvalue weighted by molar-refractivity contribution is -0.152. The van der Waals surface area contributed by atoms with E-state index >= 15 is 0 Å². The monoisotopic (exact) mass is 838 g/mol. The average molecular weight is 839 g/mol. The quantitative estimate of drug-likeness (QED) is 0.0758. The first-order valence-electron chi connectivity index (χ1n) is 22.4. The van der Waals surface area contributed by atoms with Gasteiger partial charge in [0.1, 0.15) is 0 Å². The van der Waals surface area contributed by atoms with Gasteiger partial charge in [0.25, 0.3) is 0 Å². The van der Waals surface area contributed by atoms with E-state index in [0.717, 1.165) is 58.1 Å². The number of aryl methyl sites for hydroxylation is 2. The lowest BCUT2D eigenvalue weighted by Crippen LogP contribution is -2.30. The number of nitrogens with zero attached hydrogens (tertiary/aromatic N) is 2. The SMILES string of the molecule is C=C(C)C(=O)OCCc1ccc(N(c2ccc(C)cc2)c2ccc(C3(c4ccc(N(c5ccc(C)cc5)c5ccc(CCOC(=O)C(C)(C)C)cc5)cc4)CCCCC3)cc2)cc1. The first-order chi connectivity index (χ1) is 30.3. The van der Waals surface area contributed by atoms with Crippen molar-refractivity contribution in [2.75, 3.05) is 23.0 Å². The molecule has 1 aliphatic carbocycles. The minimum atomic E-state index is -0.512. The van der Waals surface area contributed by atoms with Gasteiger partial charge in [-0.1, -0.05) is 110 Å². The third kappa shape index (κ3) is 10.8. The van der Waals surface area contributed by atoms with Gasteiger partial charge in [-0.15, -0.1) is 0 Å². The molecule has 0 aromatic heterocycles. The third-order valence-corrected chi connectivity index (χ3v) is 12.2. The van der Waals surface area contributed by atoms with Crippen LogP contribution in [0.1, 0.15) is 93.2 Å². The molecule has 1 fully saturated rings. The Kier molecular flexibility index (Phi) is 14.0. The number of carbonyl (C=O) groups excluding carboxylic acids is 2. The highest BCUT2D eigenvalue weighted by Crippen LogP contribution is 2.47. The Labute approximate surface area is 375 Å². The van der Waals surface area contributed by atoms with E-state index in [0.29, 0.717) is 31.6 Å². The molecule has 0 spiro atoms. The van der Waals surface area contributed by atoms with Gasteiger partial charge in [0.05, 0.1) is 18.6 Å². The minimum absolute atomic E-state index is 0.0912. The second kappa shape index (κ2) is 19.8. The number of esters is 2. The summed E-state index contributed by atoms with van der Waals surface area (Å²) in [5.41, 5.74) is 13.7. The molecular formula is C57H62N2O4. The zero-order valence-electron chi connectivity index (χ0n) is 38.0. The van der Waals surface area contributed by atoms with Gasteiger partial charge in [0, 0.05) is 58.0 Å². The highest BCUT2D eigenvalue weighted by Gasteiger charge is 2.36. The van der Waals surface area contributed by atoms with Crippen LogP contribution >= 0.6 is 0 Å². The Morgan fingerprint density at radius 2 is 0.857 bits per heavy atom. The summed E-state index contributed by atoms with van der Waals surface area (Å²) in [5, 5.41) is 0. The van der Waals surface area contributed by atoms with Crippen molar-refractivity contribution < 1.29 is 19.1 Å². The number of ether oxygens (including phenoxy) is 2. The number of rotatable bonds is 15. The van der Waals surface area contributed by atoms with Crippen LogP contribution in [0.5, 0.6) is 0 Å². The summed E-state index contributed by atoms with van der Waals surface area (Å²) in [6.07, 6.45) is 7.14. The fourth-order valence-electron chi connectivity index (χ4n) is 8.53. The van der Waals surface area contributed by atoms with Gasteiger partial charge >= 0.3 is 11.9 Å². The predicted molar refractivity (Wildman–Crippen MR) is 259 cm³/mol. The molecule has 0 amide bonds. The van der Waals surface area contributed by atoms with Gasteiger partial charge in [-0.3, -0.25) is 4.79 Å². The van der Waals surface area contributed by atoms with E-state index in [-0.39, 0.29) is 17.4 Å². The number of hydrogen-bond acceptors (Lipinski definition) is 6. The number of carbonyl (C=O) groups is 2. The van der Waals surface area contributed by atoms with E-state index < -0.39 is 5.41 Å². The number of benzene rings is 6. The van der Waals surface area contributed by atoms with E-state index in [1.165, 1.54) is 41.5 Å². The van der Waals surface area contributed by atoms with Crippen LogP contribution in [0.15, 0.2) is 158 Å². The standard InChI is InChI=1S/C57H62N2O4/c1-41(2)54(60)62-39-35-44-15-27-50(28-16-44)58(48-23-11-42(3)12-24-48)52-31-19-46(20-32-52)57(37-9-8-10-38-57)47-21-33-53(34-22-47)59(49-25-13-43(4)14-26-49)51-29-17-45(18-30-51)36-40-63-55(61)56(5,6)7/h11-34H,1,8-10,35-40H2,2-7H3. The highest BCUT2D eigenvalue weighted by molar-refractivity contribution is 5.87. The highest BCUT2D eigenvalue weighted by atomic mass is 16.5. The van der Waals surface area contributed by atoms with Crippen molar-refractivity contribution in [3.05, 3.63) is 191 Å². The lowest BCUT2D eigenvalue weighted by atomic mass is 9.65. The molecular weight excluding hydrogens is 777 g/mol. The molecule has 0 N–H and O–H groups in total. The Bertz CT molecular complexity index is 2460. The number of hydrogen-bond donors (Lipinski definition) is 0. The van der Waals surface area contributed by atoms with Crippen molar-refractivity contribution in [2.24, 2.45) is 5.41 Å². The van der Waals surface area contributed by atoms with Crippen LogP contribution in [-0.4, -0.2) is 25.2 Å². The van der Waals surface area contributed by atoms with E-state index in [1.54, 1.807) is 6.92 Å². The Balaban J connectivity index is 1.15. The Morgan fingerprint density at radius 3 is 1.21 bits per heavy atom. The molecule has 324 valence electrons. The van der Waals surface area contributed by atoms with Crippen molar-refractivity contribution in [1.29, 1.82) is 0 Å². The van der Waals surface area contributed by atoms with Crippen LogP contribution in [0, 0.1) is 19.3 Å². The molecule has 7 rings (SSSR count). The maximum atomic E-state index is 12.3. The molecule has 63 heavy (non-hydrogen) atoms. The molecule has 6 aromatic rings. The molecule has 1 aliphatic rings. The van der Waals surface area contributed by atoms with Crippen LogP contribution in [-0.2, 0) is 37.3 Å². The average Bonchev–Trinajstić information content (AvgIpc) is 3.29. The summed E-state index contributed by atoms with van der Waals surface area (Å²) >= 11 is 0. The smallest absolute Gasteiger partial charge is 0.333 e. The Hall–Kier alpha value is -6.40. The zero-order valence-corrected chi connectivity index (χ0v) is 38.0. The molecule has 0 aliphatic heterocycles. The summed E-state index contributed by atoms with van der Waals surface area (Å²) in [7, 11) is 0. The topological polar surface area (TPSA) is 59.1 Å². The molecule has 6 aromatic carbocycles. The van der Waals surface area contributed by atoms with Gasteiger partial charge in [0.15, 0.2) is 0 Å². The molecule has 0 atom stereocenters. The van der Waals surface area contributed by atoms with E-state index in [9.17, 15) is 9.59 Å². The zero-order chi connectivity index (χ0) is 44.6. The molecule has 0 radical (unpaired) electrons. The van der Waals surface area contributed by atoms with Crippen LogP contribution in [0.2, 0.25) is 0 Å². The first kappa shape index (κ1) is 44.6. The van der Waals surface area contributed by atoms with Crippen LogP contribution in [0.4, 0.5) is 34.1 Å². The largest absolute Gasteiger partial charge is 0.465 e. The van der Waals surface area contributed by atoms with Gasteiger partial charge in [-0.2, -0.15) is 0 Å². The minimum Gasteiger partial charge on any atom is -0.465 e. The molecule has 1 saturated carbocycles. The fourth-order valence-corrected chi connectivity index (χ4v) is 8.53. The van der Waals surface area contributed by atoms with Crippen molar-refractivity contribution in [2.45, 2.75) is 91.9 Å². The second-order valence-corrected chi connectivity index (χ2v) is 18.2. The van der Waals surface area contributed by atoms with Crippen LogP contribution < -0.4 is 9.80 Å². The maximum absolute atomic E-state index is 12.3. The molecule has 0 bridgehead atoms. The van der Waals surface area contributed by atoms with Gasteiger partial charge in [-0.25, -0.2) is 4.79 Å². The van der Waals surface area contributed by atoms with E-state index in [2.05, 4.69) is 176 Å². The van der Waals surface area contributed by atoms with Crippen molar-refractivity contribution in [3.8, 4) is 0 Å². The van der Waals surface area contributed by atoms with Crippen LogP contribution in [0.25, 0.3) is 0 Å². The first-order valence-corrected chi connectivity index (χ1v) is 22.4. The maximum Gasteiger partial charge on any atom is 0.333 e. The van der Waals surface area contributed by atoms with Crippen molar-refractivity contribution in [1.82, 2.24) is 0 Å². The lowest BCUT2D eigenvalue weighted by Gasteiger charge is -2.39. The summed E-state index contributed by atoms with van der Waals surface area (Å²) in [4.78, 5) is 28.9. The van der Waals surface area contributed by atoms with E-state index in [1.807, 2.05) is 20.8 Å². The third-order valence-electron chi connectivity index (χ3n) is 12.2. The molecule has 6 nitrogen and oxygen atoms in total. The molecule has 0 heterocycles. The summed E-state index contributed by atoms with van der Waals surface area (Å²) in [6.45, 7) is 15.9. The fraction of sp³-hybridized carbons (Fsp3) is 0.298. The second-order valence-electron chi connectivity index (χ2n) is 18.2. The number of anilines is 6. The Morgan fingerprint density at radius 1 is 0.524 bits per heavy atom. The van der Waals surface area contributed by atoms with Gasteiger partial charge < -0.3 is 19.3 Å². The van der Waals surface area contributed by atoms with E-state index in [4.69, 9.17) is 9.47 Å². The summed E-state index contributed by atoms with van der Waals surface area (Å²) in [5.74, 6) is -0.535. The van der Waals surface area contributed by atoms with Gasteiger partial charge in [-0.05, 0) is 149 Å². The van der Waals surface area contributed by atoms with Gasteiger partial charge in [0.2, 0.25) is 0 Å². The predicted octanol–water partition coefficient (Wildman–Crippen LogP) is 14.3. The molecule has 0 unspecified atom stereocenters. The molecule has 0 saturated heterocycles. The molecule has 6 heteroatoms. The summed E-state index contributed by atoms with van der Waals surface area (Å²) in [6, 6.07) is 53.1. The van der Waals surface area contributed by atoms with Crippen molar-refractivity contribution >= 4 is 46.1 Å². The van der Waals surface area contributed by atoms with Crippen LogP contribution in [0.3, 0.4) is 0 Å². The summed E-state index contributed by atoms with van der Waals surface area (Å²) < 4.78 is 10.9. The van der Waals surface area contributed by atoms with Crippen molar-refractivity contribution in [3.63, 3.8) is 0 Å².